The van der Waals surface area contributed by atoms with Crippen molar-refractivity contribution in [2.75, 3.05) is 0 Å². The molecule has 0 nitrogen and oxygen atoms in total. The Morgan fingerprint density at radius 2 is 0.783 bits per heavy atom. The molecule has 0 saturated carbocycles. The van der Waals surface area contributed by atoms with Crippen molar-refractivity contribution in [1.29, 1.82) is 0 Å². The molecule has 0 aliphatic carbocycles. The van der Waals surface area contributed by atoms with Gasteiger partial charge in [0, 0.05) is 0 Å². The number of hydrogen-bond acceptors (Lipinski definition) is 0. The standard InChI is InChI=1S/C23H45/c1-3-5-7-9-11-13-15-17-19-21-23-22-20-18-16-14-12-10-8-6-4-2/h3,5H,1,4,6-23H2,2H3/b5-3+. The molecule has 0 aliphatic rings. The molecular weight excluding hydrogens is 276 g/mol. The molecule has 0 heterocycles. The van der Waals surface area contributed by atoms with Gasteiger partial charge in [-0.3, -0.25) is 0 Å². The molecule has 0 saturated heterocycles. The Labute approximate surface area is 148 Å². The molecule has 0 aromatic carbocycles. The second-order valence-electron chi connectivity index (χ2n) is 7.27. The molecule has 0 spiro atoms. The van der Waals surface area contributed by atoms with Crippen molar-refractivity contribution in [3.05, 3.63) is 19.1 Å². The van der Waals surface area contributed by atoms with E-state index in [1.54, 1.807) is 0 Å². The SMILES string of the molecule is [CH2]/C=C/CCCCCCCCCCCCCCCCCCCC. The number of unbranched alkanes of at least 4 members (excludes halogenated alkanes) is 18. The highest BCUT2D eigenvalue weighted by molar-refractivity contribution is 4.83. The average Bonchev–Trinajstić information content (AvgIpc) is 2.57. The van der Waals surface area contributed by atoms with E-state index >= 15 is 0 Å². The molecule has 23 heavy (non-hydrogen) atoms. The van der Waals surface area contributed by atoms with Gasteiger partial charge in [0.15, 0.2) is 0 Å². The van der Waals surface area contributed by atoms with Crippen LogP contribution in [0.4, 0.5) is 0 Å². The van der Waals surface area contributed by atoms with Gasteiger partial charge in [0.05, 0.1) is 0 Å². The van der Waals surface area contributed by atoms with Crippen LogP contribution in [0.1, 0.15) is 129 Å². The van der Waals surface area contributed by atoms with Crippen LogP contribution >= 0.6 is 0 Å². The molecular formula is C23H45. The first-order valence-corrected chi connectivity index (χ1v) is 10.9. The van der Waals surface area contributed by atoms with Crippen molar-refractivity contribution in [1.82, 2.24) is 0 Å². The van der Waals surface area contributed by atoms with Crippen LogP contribution in [0.15, 0.2) is 12.2 Å². The lowest BCUT2D eigenvalue weighted by molar-refractivity contribution is 0.525. The minimum Gasteiger partial charge on any atom is -0.0885 e. The molecule has 0 heteroatoms. The summed E-state index contributed by atoms with van der Waals surface area (Å²) >= 11 is 0. The number of hydrogen-bond donors (Lipinski definition) is 0. The fraction of sp³-hybridized carbons (Fsp3) is 0.870. The number of rotatable bonds is 19. The van der Waals surface area contributed by atoms with Crippen molar-refractivity contribution in [2.45, 2.75) is 129 Å². The summed E-state index contributed by atoms with van der Waals surface area (Å²) < 4.78 is 0. The molecule has 0 unspecified atom stereocenters. The summed E-state index contributed by atoms with van der Waals surface area (Å²) in [5.74, 6) is 0. The van der Waals surface area contributed by atoms with Gasteiger partial charge >= 0.3 is 0 Å². The molecule has 0 fully saturated rings. The smallest absolute Gasteiger partial charge is 0.0316 e. The first-order valence-electron chi connectivity index (χ1n) is 10.9. The Morgan fingerprint density at radius 3 is 1.09 bits per heavy atom. The summed E-state index contributed by atoms with van der Waals surface area (Å²) in [7, 11) is 0. The first kappa shape index (κ1) is 22.7. The van der Waals surface area contributed by atoms with Crippen LogP contribution < -0.4 is 0 Å². The van der Waals surface area contributed by atoms with Gasteiger partial charge in [0.1, 0.15) is 0 Å². The van der Waals surface area contributed by atoms with Crippen LogP contribution in [0.2, 0.25) is 0 Å². The van der Waals surface area contributed by atoms with Crippen molar-refractivity contribution in [2.24, 2.45) is 0 Å². The monoisotopic (exact) mass is 321 g/mol. The van der Waals surface area contributed by atoms with Crippen LogP contribution in [0.5, 0.6) is 0 Å². The van der Waals surface area contributed by atoms with Gasteiger partial charge in [0.2, 0.25) is 0 Å². The van der Waals surface area contributed by atoms with Crippen LogP contribution in [-0.2, 0) is 0 Å². The molecule has 137 valence electrons. The zero-order chi connectivity index (χ0) is 16.8. The minimum absolute atomic E-state index is 1.22. The average molecular weight is 322 g/mol. The summed E-state index contributed by atoms with van der Waals surface area (Å²) in [6.07, 6.45) is 31.5. The van der Waals surface area contributed by atoms with E-state index in [1.807, 2.05) is 6.08 Å². The Hall–Kier alpha value is -0.260. The Morgan fingerprint density at radius 1 is 0.478 bits per heavy atom. The lowest BCUT2D eigenvalue weighted by Crippen LogP contribution is -1.84. The zero-order valence-electron chi connectivity index (χ0n) is 16.3. The Balaban J connectivity index is 2.95. The van der Waals surface area contributed by atoms with Gasteiger partial charge in [0.25, 0.3) is 0 Å². The van der Waals surface area contributed by atoms with Gasteiger partial charge in [-0.1, -0.05) is 128 Å². The molecule has 1 radical (unpaired) electrons. The van der Waals surface area contributed by atoms with Crippen molar-refractivity contribution in [3.8, 4) is 0 Å². The lowest BCUT2D eigenvalue weighted by Gasteiger charge is -2.03. The molecule has 0 rings (SSSR count). The zero-order valence-corrected chi connectivity index (χ0v) is 16.3. The maximum Gasteiger partial charge on any atom is -0.0316 e. The van der Waals surface area contributed by atoms with E-state index in [0.29, 0.717) is 0 Å². The third kappa shape index (κ3) is 21.7. The van der Waals surface area contributed by atoms with Gasteiger partial charge in [-0.2, -0.15) is 0 Å². The Bertz CT molecular complexity index is 216. The number of allylic oxidation sites excluding steroid dienone is 2. The lowest BCUT2D eigenvalue weighted by atomic mass is 10.0. The fourth-order valence-corrected chi connectivity index (χ4v) is 3.28. The van der Waals surface area contributed by atoms with Crippen molar-refractivity contribution >= 4 is 0 Å². The fourth-order valence-electron chi connectivity index (χ4n) is 3.28. The predicted molar refractivity (Wildman–Crippen MR) is 108 cm³/mol. The summed E-state index contributed by atoms with van der Waals surface area (Å²) in [5.41, 5.74) is 0. The van der Waals surface area contributed by atoms with Gasteiger partial charge in [-0.15, -0.1) is 0 Å². The summed E-state index contributed by atoms with van der Waals surface area (Å²) in [6, 6.07) is 0. The normalized spacial score (nSPS) is 11.6. The molecule has 0 bridgehead atoms. The Kier molecular flexibility index (Phi) is 21.5. The third-order valence-corrected chi connectivity index (χ3v) is 4.89. The topological polar surface area (TPSA) is 0 Å². The van der Waals surface area contributed by atoms with Crippen molar-refractivity contribution < 1.29 is 0 Å². The van der Waals surface area contributed by atoms with Crippen LogP contribution in [0, 0.1) is 6.92 Å². The molecule has 0 atom stereocenters. The molecule has 0 N–H and O–H groups in total. The van der Waals surface area contributed by atoms with E-state index in [4.69, 9.17) is 0 Å². The summed E-state index contributed by atoms with van der Waals surface area (Å²) in [4.78, 5) is 0. The molecule has 0 aromatic heterocycles. The third-order valence-electron chi connectivity index (χ3n) is 4.89. The van der Waals surface area contributed by atoms with E-state index in [2.05, 4.69) is 19.9 Å². The highest BCUT2D eigenvalue weighted by Crippen LogP contribution is 2.14. The van der Waals surface area contributed by atoms with Crippen LogP contribution in [0.25, 0.3) is 0 Å². The maximum atomic E-state index is 3.72. The second-order valence-corrected chi connectivity index (χ2v) is 7.27. The maximum absolute atomic E-state index is 3.72. The van der Waals surface area contributed by atoms with Gasteiger partial charge in [-0.05, 0) is 19.8 Å². The second kappa shape index (κ2) is 21.7. The van der Waals surface area contributed by atoms with E-state index in [9.17, 15) is 0 Å². The van der Waals surface area contributed by atoms with Crippen LogP contribution in [0.3, 0.4) is 0 Å². The largest absolute Gasteiger partial charge is 0.0885 e. The molecule has 0 amide bonds. The minimum atomic E-state index is 1.22. The van der Waals surface area contributed by atoms with Gasteiger partial charge < -0.3 is 0 Å². The van der Waals surface area contributed by atoms with E-state index in [1.165, 1.54) is 122 Å². The van der Waals surface area contributed by atoms with Crippen LogP contribution in [-0.4, -0.2) is 0 Å². The highest BCUT2D eigenvalue weighted by Gasteiger charge is 1.94. The molecule has 0 aliphatic heterocycles. The van der Waals surface area contributed by atoms with E-state index in [-0.39, 0.29) is 0 Å². The summed E-state index contributed by atoms with van der Waals surface area (Å²) in [6.45, 7) is 6.02. The van der Waals surface area contributed by atoms with E-state index in [0.717, 1.165) is 0 Å². The predicted octanol–water partition coefficient (Wildman–Crippen LogP) is 8.81. The van der Waals surface area contributed by atoms with Gasteiger partial charge in [-0.25, -0.2) is 0 Å². The van der Waals surface area contributed by atoms with Crippen molar-refractivity contribution in [3.63, 3.8) is 0 Å². The quantitative estimate of drug-likeness (QED) is 0.208. The first-order chi connectivity index (χ1) is 11.4. The molecule has 0 aromatic rings. The highest BCUT2D eigenvalue weighted by atomic mass is 14.0. The summed E-state index contributed by atoms with van der Waals surface area (Å²) in [5, 5.41) is 0. The van der Waals surface area contributed by atoms with E-state index < -0.39 is 0 Å².